The lowest BCUT2D eigenvalue weighted by Crippen LogP contribution is -2.30. The summed E-state index contributed by atoms with van der Waals surface area (Å²) in [5.41, 5.74) is -8.90. The molecular weight excluding hydrogens is 406 g/mol. The number of rotatable bonds is 4. The number of hydrogen-bond donors (Lipinski definition) is 2. The zero-order valence-corrected chi connectivity index (χ0v) is 14.9. The summed E-state index contributed by atoms with van der Waals surface area (Å²) in [6, 6.07) is 5.13. The van der Waals surface area contributed by atoms with Crippen molar-refractivity contribution in [2.24, 2.45) is 0 Å². The monoisotopic (exact) mass is 420 g/mol. The second-order valence-electron chi connectivity index (χ2n) is 6.69. The molecule has 156 valence electrons. The molecule has 0 aliphatic rings. The molecule has 2 aromatic carbocycles. The molecule has 29 heavy (non-hydrogen) atoms. The molecule has 2 N–H and O–H groups in total. The third kappa shape index (κ3) is 4.06. The minimum absolute atomic E-state index is 0.697. The molecule has 0 aliphatic carbocycles. The van der Waals surface area contributed by atoms with E-state index in [-0.39, 0.29) is 0 Å². The molecule has 0 saturated carbocycles. The number of hydrogen-bond acceptors (Lipinski definition) is 2. The van der Waals surface area contributed by atoms with Crippen LogP contribution < -0.4 is 0 Å². The molecule has 0 atom stereocenters. The maximum atomic E-state index is 13.7. The second kappa shape index (κ2) is 7.09. The topological polar surface area (TPSA) is 74.6 Å². The summed E-state index contributed by atoms with van der Waals surface area (Å²) in [6.07, 6.45) is -10.4. The smallest absolute Gasteiger partial charge is 0.417 e. The molecule has 0 saturated heterocycles. The van der Waals surface area contributed by atoms with Crippen LogP contribution in [0.2, 0.25) is 0 Å². The fourth-order valence-electron chi connectivity index (χ4n) is 3.26. The SMILES string of the molecule is CC(C)(c1cccc(C(=O)O)c1C(F)(F)F)c1cccc(C(=O)O)c1C(F)(F)F. The molecule has 4 nitrogen and oxygen atoms in total. The highest BCUT2D eigenvalue weighted by Gasteiger charge is 2.46. The van der Waals surface area contributed by atoms with Crippen LogP contribution in [0.3, 0.4) is 0 Å². The first kappa shape index (κ1) is 22.3. The first-order chi connectivity index (χ1) is 13.1. The average molecular weight is 420 g/mol. The highest BCUT2D eigenvalue weighted by molar-refractivity contribution is 5.91. The third-order valence-electron chi connectivity index (χ3n) is 4.50. The zero-order valence-electron chi connectivity index (χ0n) is 14.9. The predicted molar refractivity (Wildman–Crippen MR) is 88.9 cm³/mol. The van der Waals surface area contributed by atoms with Gasteiger partial charge in [0.2, 0.25) is 0 Å². The van der Waals surface area contributed by atoms with Gasteiger partial charge in [-0.2, -0.15) is 26.3 Å². The Kier molecular flexibility index (Phi) is 5.44. The summed E-state index contributed by atoms with van der Waals surface area (Å²) in [7, 11) is 0. The molecule has 0 amide bonds. The summed E-state index contributed by atoms with van der Waals surface area (Å²) in [5, 5.41) is 18.3. The molecule has 0 radical (unpaired) electrons. The van der Waals surface area contributed by atoms with E-state index >= 15 is 0 Å². The van der Waals surface area contributed by atoms with Crippen molar-refractivity contribution in [1.29, 1.82) is 0 Å². The van der Waals surface area contributed by atoms with Crippen molar-refractivity contribution in [3.8, 4) is 0 Å². The Hall–Kier alpha value is -3.04. The summed E-state index contributed by atoms with van der Waals surface area (Å²) in [4.78, 5) is 22.6. The Morgan fingerprint density at radius 3 is 1.24 bits per heavy atom. The molecule has 0 bridgehead atoms. The fraction of sp³-hybridized carbons (Fsp3) is 0.263. The van der Waals surface area contributed by atoms with Crippen LogP contribution in [0, 0.1) is 0 Å². The Labute approximate surface area is 160 Å². The van der Waals surface area contributed by atoms with Crippen LogP contribution in [0.25, 0.3) is 0 Å². The Bertz CT molecular complexity index is 896. The molecule has 2 rings (SSSR count). The maximum absolute atomic E-state index is 13.7. The van der Waals surface area contributed by atoms with E-state index in [2.05, 4.69) is 0 Å². The number of carboxylic acid groups (broad SMARTS) is 2. The Balaban J connectivity index is 2.96. The van der Waals surface area contributed by atoms with Gasteiger partial charge in [0, 0.05) is 5.41 Å². The number of halogens is 6. The number of aromatic carboxylic acids is 2. The van der Waals surface area contributed by atoms with E-state index in [0.29, 0.717) is 12.1 Å². The lowest BCUT2D eigenvalue weighted by Gasteiger charge is -2.32. The number of carbonyl (C=O) groups is 2. The predicted octanol–water partition coefficient (Wildman–Crippen LogP) is 5.45. The molecule has 0 unspecified atom stereocenters. The third-order valence-corrected chi connectivity index (χ3v) is 4.50. The molecule has 0 fully saturated rings. The van der Waals surface area contributed by atoms with Crippen LogP contribution in [0.1, 0.15) is 56.8 Å². The van der Waals surface area contributed by atoms with E-state index in [1.165, 1.54) is 0 Å². The van der Waals surface area contributed by atoms with Gasteiger partial charge in [-0.1, -0.05) is 38.1 Å². The summed E-state index contributed by atoms with van der Waals surface area (Å²) in [6.45, 7) is 2.08. The van der Waals surface area contributed by atoms with Crippen LogP contribution in [-0.2, 0) is 17.8 Å². The van der Waals surface area contributed by atoms with Crippen LogP contribution in [0.4, 0.5) is 26.3 Å². The van der Waals surface area contributed by atoms with Crippen molar-refractivity contribution in [2.45, 2.75) is 31.6 Å². The number of benzene rings is 2. The van der Waals surface area contributed by atoms with Gasteiger partial charge in [-0.25, -0.2) is 9.59 Å². The van der Waals surface area contributed by atoms with E-state index in [1.54, 1.807) is 0 Å². The minimum Gasteiger partial charge on any atom is -0.478 e. The van der Waals surface area contributed by atoms with Crippen LogP contribution in [0.15, 0.2) is 36.4 Å². The van der Waals surface area contributed by atoms with Gasteiger partial charge in [0.15, 0.2) is 0 Å². The average Bonchev–Trinajstić information content (AvgIpc) is 2.58. The van der Waals surface area contributed by atoms with Crippen molar-refractivity contribution < 1.29 is 46.1 Å². The molecule has 0 heterocycles. The summed E-state index contributed by atoms with van der Waals surface area (Å²) >= 11 is 0. The van der Waals surface area contributed by atoms with Gasteiger partial charge in [-0.05, 0) is 23.3 Å². The van der Waals surface area contributed by atoms with Crippen molar-refractivity contribution >= 4 is 11.9 Å². The Morgan fingerprint density at radius 1 is 0.690 bits per heavy atom. The maximum Gasteiger partial charge on any atom is 0.417 e. The van der Waals surface area contributed by atoms with Gasteiger partial charge < -0.3 is 10.2 Å². The van der Waals surface area contributed by atoms with E-state index in [9.17, 15) is 35.9 Å². The quantitative estimate of drug-likeness (QED) is 0.646. The van der Waals surface area contributed by atoms with Gasteiger partial charge in [-0.3, -0.25) is 0 Å². The zero-order chi connectivity index (χ0) is 22.4. The summed E-state index contributed by atoms with van der Waals surface area (Å²) in [5.74, 6) is -3.80. The molecule has 0 aromatic heterocycles. The largest absolute Gasteiger partial charge is 0.478 e. The highest BCUT2D eigenvalue weighted by atomic mass is 19.4. The molecule has 0 aliphatic heterocycles. The van der Waals surface area contributed by atoms with Crippen molar-refractivity contribution in [3.05, 3.63) is 69.8 Å². The lowest BCUT2D eigenvalue weighted by molar-refractivity contribution is -0.139. The highest BCUT2D eigenvalue weighted by Crippen LogP contribution is 2.46. The van der Waals surface area contributed by atoms with Crippen molar-refractivity contribution in [2.75, 3.05) is 0 Å². The van der Waals surface area contributed by atoms with E-state index in [1.807, 2.05) is 0 Å². The second-order valence-corrected chi connectivity index (χ2v) is 6.69. The first-order valence-corrected chi connectivity index (χ1v) is 7.98. The fourth-order valence-corrected chi connectivity index (χ4v) is 3.26. The van der Waals surface area contributed by atoms with Crippen LogP contribution in [-0.4, -0.2) is 22.2 Å². The molecule has 0 spiro atoms. The van der Waals surface area contributed by atoms with E-state index in [4.69, 9.17) is 10.2 Å². The van der Waals surface area contributed by atoms with Gasteiger partial charge in [0.1, 0.15) is 0 Å². The van der Waals surface area contributed by atoms with Crippen LogP contribution >= 0.6 is 0 Å². The first-order valence-electron chi connectivity index (χ1n) is 7.98. The molecule has 10 heteroatoms. The standard InChI is InChI=1S/C19H14F6O4/c1-17(2,11-7-3-5-9(15(26)27)13(11)18(20,21)22)12-8-4-6-10(16(28)29)14(12)19(23,24)25/h3-8H,1-2H3,(H,26,27)(H,28,29). The minimum atomic E-state index is -5.18. The van der Waals surface area contributed by atoms with Crippen molar-refractivity contribution in [1.82, 2.24) is 0 Å². The van der Waals surface area contributed by atoms with Gasteiger partial charge >= 0.3 is 24.3 Å². The van der Waals surface area contributed by atoms with Crippen molar-refractivity contribution in [3.63, 3.8) is 0 Å². The normalized spacial score (nSPS) is 12.7. The van der Waals surface area contributed by atoms with Gasteiger partial charge in [0.25, 0.3) is 0 Å². The van der Waals surface area contributed by atoms with E-state index < -0.39 is 63.1 Å². The van der Waals surface area contributed by atoms with Gasteiger partial charge in [-0.15, -0.1) is 0 Å². The number of carboxylic acids is 2. The lowest BCUT2D eigenvalue weighted by atomic mass is 9.72. The van der Waals surface area contributed by atoms with E-state index in [0.717, 1.165) is 38.1 Å². The number of alkyl halides is 6. The Morgan fingerprint density at radius 2 is 1.00 bits per heavy atom. The summed E-state index contributed by atoms with van der Waals surface area (Å²) < 4.78 is 82.1. The molecule has 2 aromatic rings. The van der Waals surface area contributed by atoms with Crippen LogP contribution in [0.5, 0.6) is 0 Å². The van der Waals surface area contributed by atoms with Gasteiger partial charge in [0.05, 0.1) is 22.3 Å². The molecular formula is C19H14F6O4.